The number of benzene rings is 3. The molecular formula is C54H66N3O15S2+. The molecule has 0 bridgehead atoms. The number of hydrogen-bond donors (Lipinski definition) is 3. The molecule has 0 saturated carbocycles. The van der Waals surface area contributed by atoms with Gasteiger partial charge in [-0.2, -0.15) is 21.4 Å². The Kier molecular flexibility index (Phi) is 18.1. The smallest absolute Gasteiger partial charge is 0.333 e. The monoisotopic (exact) mass is 1060 g/mol. The van der Waals surface area contributed by atoms with E-state index in [0.29, 0.717) is 86.0 Å². The van der Waals surface area contributed by atoms with Gasteiger partial charge in [-0.3, -0.25) is 8.74 Å². The molecule has 398 valence electrons. The van der Waals surface area contributed by atoms with Crippen LogP contribution in [0.2, 0.25) is 0 Å². The first-order valence-electron chi connectivity index (χ1n) is 24.3. The number of fused-ring (bicyclic) bond motifs is 3. The second-order valence-corrected chi connectivity index (χ2v) is 22.0. The molecule has 74 heavy (non-hydrogen) atoms. The van der Waals surface area contributed by atoms with Crippen LogP contribution < -0.4 is 14.5 Å². The molecule has 1 atom stereocenters. The van der Waals surface area contributed by atoms with Crippen LogP contribution in [0.25, 0.3) is 16.9 Å². The molecule has 0 aliphatic carbocycles. The summed E-state index contributed by atoms with van der Waals surface area (Å²) in [6, 6.07) is 20.6. The molecule has 7 rings (SSSR count). The van der Waals surface area contributed by atoms with Crippen molar-refractivity contribution in [3.05, 3.63) is 125 Å². The van der Waals surface area contributed by atoms with Crippen molar-refractivity contribution in [1.29, 1.82) is 0 Å². The summed E-state index contributed by atoms with van der Waals surface area (Å²) in [4.78, 5) is 20.3. The largest absolute Gasteiger partial charge is 0.492 e. The van der Waals surface area contributed by atoms with Crippen molar-refractivity contribution in [2.24, 2.45) is 0 Å². The molecule has 18 nitrogen and oxygen atoms in total. The summed E-state index contributed by atoms with van der Waals surface area (Å²) in [6.45, 7) is 12.4. The van der Waals surface area contributed by atoms with E-state index in [9.17, 15) is 36.4 Å². The second kappa shape index (κ2) is 24.1. The number of carbonyl (C=O) groups is 1. The highest BCUT2D eigenvalue weighted by Gasteiger charge is 2.48. The molecular weight excluding hydrogens is 995 g/mol. The van der Waals surface area contributed by atoms with Gasteiger partial charge < -0.3 is 43.6 Å². The van der Waals surface area contributed by atoms with Gasteiger partial charge in [0.1, 0.15) is 18.1 Å². The minimum atomic E-state index is -4.66. The molecule has 20 heteroatoms. The lowest BCUT2D eigenvalue weighted by Gasteiger charge is -2.44. The predicted octanol–water partition coefficient (Wildman–Crippen LogP) is 7.47. The first-order valence-corrected chi connectivity index (χ1v) is 27.4. The quantitative estimate of drug-likeness (QED) is 0.0240. The van der Waals surface area contributed by atoms with Crippen molar-refractivity contribution in [3.63, 3.8) is 0 Å². The molecule has 0 amide bonds. The number of carbonyl (C=O) groups excluding carboxylic acids is 1. The van der Waals surface area contributed by atoms with Crippen LogP contribution in [0.3, 0.4) is 0 Å². The van der Waals surface area contributed by atoms with Crippen LogP contribution in [-0.2, 0) is 53.6 Å². The topological polar surface area (TPSA) is 222 Å². The van der Waals surface area contributed by atoms with Gasteiger partial charge in [-0.25, -0.2) is 4.79 Å². The highest BCUT2D eigenvalue weighted by atomic mass is 32.2. The van der Waals surface area contributed by atoms with Crippen molar-refractivity contribution in [1.82, 2.24) is 4.73 Å². The van der Waals surface area contributed by atoms with Crippen LogP contribution in [0.4, 0.5) is 11.4 Å². The number of methoxy groups -OCH3 is 1. The summed E-state index contributed by atoms with van der Waals surface area (Å²) in [5.74, 6) is -0.744. The Morgan fingerprint density at radius 1 is 0.824 bits per heavy atom. The Balaban J connectivity index is 1.24. The SMILES string of the molecule is COCCOCCOCCOCCN1c2cc3c(cc2C(C)=CC1(C)C)C(=CC=CC1=[N+](CCCS(=O)(=O)OC)c2ccc(S(=O)(=O)O)cc2C1(C)CCCC(=O)On1c(O)ccc1O)C=C(c1ccccc1)O3. The van der Waals surface area contributed by atoms with E-state index in [0.717, 1.165) is 40.6 Å². The maximum Gasteiger partial charge on any atom is 0.333 e. The predicted molar refractivity (Wildman–Crippen MR) is 280 cm³/mol. The molecule has 4 heterocycles. The van der Waals surface area contributed by atoms with Gasteiger partial charge in [-0.05, 0) is 76.0 Å². The molecule has 1 aromatic heterocycles. The molecule has 4 aromatic rings. The maximum atomic E-state index is 13.1. The average molecular weight is 1060 g/mol. The lowest BCUT2D eigenvalue weighted by molar-refractivity contribution is -0.437. The highest BCUT2D eigenvalue weighted by molar-refractivity contribution is 7.86. The molecule has 3 aliphatic heterocycles. The Hall–Kier alpha value is -6.10. The third kappa shape index (κ3) is 13.2. The van der Waals surface area contributed by atoms with Crippen molar-refractivity contribution in [2.45, 2.75) is 69.2 Å². The van der Waals surface area contributed by atoms with E-state index in [1.807, 2.05) is 66.1 Å². The molecule has 3 aliphatic rings. The molecule has 3 N–H and O–H groups in total. The molecule has 0 radical (unpaired) electrons. The number of ether oxygens (including phenoxy) is 5. The van der Waals surface area contributed by atoms with E-state index >= 15 is 0 Å². The van der Waals surface area contributed by atoms with Gasteiger partial charge in [-0.1, -0.05) is 48.6 Å². The van der Waals surface area contributed by atoms with Crippen molar-refractivity contribution >= 4 is 60.2 Å². The third-order valence-corrected chi connectivity index (χ3v) is 15.4. The zero-order chi connectivity index (χ0) is 53.3. The van der Waals surface area contributed by atoms with Gasteiger partial charge in [0.05, 0.1) is 75.0 Å². The van der Waals surface area contributed by atoms with E-state index in [4.69, 9.17) is 32.7 Å². The maximum absolute atomic E-state index is 13.1. The number of hydrogen-bond acceptors (Lipinski definition) is 15. The first kappa shape index (κ1) is 55.6. The molecule has 0 saturated heterocycles. The first-order chi connectivity index (χ1) is 35.3. The highest BCUT2D eigenvalue weighted by Crippen LogP contribution is 2.48. The van der Waals surface area contributed by atoms with E-state index < -0.39 is 43.4 Å². The van der Waals surface area contributed by atoms with E-state index in [1.54, 1.807) is 13.2 Å². The lowest BCUT2D eigenvalue weighted by Crippen LogP contribution is -2.46. The summed E-state index contributed by atoms with van der Waals surface area (Å²) >= 11 is 0. The zero-order valence-electron chi connectivity index (χ0n) is 42.6. The minimum absolute atomic E-state index is 0.131. The summed E-state index contributed by atoms with van der Waals surface area (Å²) in [6.07, 6.45) is 10.3. The summed E-state index contributed by atoms with van der Waals surface area (Å²) < 4.78 is 96.7. The number of allylic oxidation sites excluding steroid dienone is 6. The normalized spacial score (nSPS) is 17.8. The lowest BCUT2D eigenvalue weighted by atomic mass is 9.75. The minimum Gasteiger partial charge on any atom is -0.492 e. The summed E-state index contributed by atoms with van der Waals surface area (Å²) in [5.41, 5.74) is 5.98. The van der Waals surface area contributed by atoms with Gasteiger partial charge in [-0.15, -0.1) is 4.73 Å². The number of nitrogens with zero attached hydrogens (tertiary/aromatic N) is 3. The van der Waals surface area contributed by atoms with Crippen LogP contribution in [0.5, 0.6) is 17.5 Å². The fourth-order valence-corrected chi connectivity index (χ4v) is 10.7. The van der Waals surface area contributed by atoms with Crippen molar-refractivity contribution in [2.75, 3.05) is 84.2 Å². The Morgan fingerprint density at radius 2 is 1.50 bits per heavy atom. The van der Waals surface area contributed by atoms with Crippen LogP contribution in [0.1, 0.15) is 75.6 Å². The molecule has 0 spiro atoms. The van der Waals surface area contributed by atoms with Crippen LogP contribution in [-0.4, -0.2) is 137 Å². The van der Waals surface area contributed by atoms with Gasteiger partial charge in [0.2, 0.25) is 17.4 Å². The summed E-state index contributed by atoms with van der Waals surface area (Å²) in [5, 5.41) is 20.1. The second-order valence-electron chi connectivity index (χ2n) is 18.8. The van der Waals surface area contributed by atoms with Gasteiger partial charge >= 0.3 is 5.97 Å². The Morgan fingerprint density at radius 3 is 2.16 bits per heavy atom. The zero-order valence-corrected chi connectivity index (χ0v) is 44.2. The Labute approximate surface area is 433 Å². The van der Waals surface area contributed by atoms with Gasteiger partial charge in [0.15, 0.2) is 5.71 Å². The number of anilines is 1. The van der Waals surface area contributed by atoms with Gasteiger partial charge in [0.25, 0.3) is 20.2 Å². The van der Waals surface area contributed by atoms with Gasteiger partial charge in [0, 0.05) is 84.8 Å². The van der Waals surface area contributed by atoms with Crippen molar-refractivity contribution < 1.29 is 73.7 Å². The van der Waals surface area contributed by atoms with Crippen LogP contribution in [0.15, 0.2) is 108 Å². The standard InChI is InChI=1S/C54H65N3O15S2/c1-38-37-53(2,3)56(24-25-68-28-29-70-31-30-69-27-26-66-5)46-36-48-43(35-42(38)46)40(33-47(71-48)39-13-8-7-9-14-39)15-10-16-49-54(4,22-11-17-52(60)72-57-50(58)20-21-51(57)59)44-34-41(74(63,64)65)18-19-45(44)55(49)23-12-32-73(61,62)67-6/h7-10,13-16,18-21,33-37H,11-12,17,22-32H2,1-6H3,(H2-,58,59,63,64,65)/p+1. The molecule has 0 fully saturated rings. The van der Waals surface area contributed by atoms with Crippen molar-refractivity contribution in [3.8, 4) is 17.5 Å². The fourth-order valence-electron chi connectivity index (χ4n) is 9.56. The number of rotatable bonds is 26. The average Bonchev–Trinajstić information content (AvgIpc) is 3.79. The molecule has 3 aromatic carbocycles. The number of aromatic nitrogens is 1. The fraction of sp³-hybridized carbons (Fsp3) is 0.407. The number of aromatic hydroxyl groups is 2. The van der Waals surface area contributed by atoms with Crippen LogP contribution >= 0.6 is 0 Å². The third-order valence-electron chi connectivity index (χ3n) is 13.2. The van der Waals surface area contributed by atoms with Crippen LogP contribution in [0, 0.1) is 0 Å². The van der Waals surface area contributed by atoms with E-state index in [1.165, 1.54) is 24.3 Å². The summed E-state index contributed by atoms with van der Waals surface area (Å²) in [7, 11) is -5.77. The van der Waals surface area contributed by atoms with E-state index in [2.05, 4.69) is 43.9 Å². The Bertz CT molecular complexity index is 3050. The van der Waals surface area contributed by atoms with E-state index in [-0.39, 0.29) is 48.4 Å². The molecule has 1 unspecified atom stereocenters.